The second kappa shape index (κ2) is 7.49. The van der Waals surface area contributed by atoms with Gasteiger partial charge in [0.1, 0.15) is 23.0 Å². The summed E-state index contributed by atoms with van der Waals surface area (Å²) in [5, 5.41) is 28.9. The zero-order chi connectivity index (χ0) is 22.3. The van der Waals surface area contributed by atoms with E-state index in [0.717, 1.165) is 6.07 Å². The highest BCUT2D eigenvalue weighted by Crippen LogP contribution is 2.49. The summed E-state index contributed by atoms with van der Waals surface area (Å²) in [6, 6.07) is 13.1. The Morgan fingerprint density at radius 1 is 0.839 bits per heavy atom. The Morgan fingerprint density at radius 3 is 2.13 bits per heavy atom. The molecular formula is C23H16O8. The second-order valence-electron chi connectivity index (χ2n) is 6.96. The molecule has 0 amide bonds. The van der Waals surface area contributed by atoms with E-state index in [4.69, 9.17) is 9.47 Å². The molecule has 0 aromatic heterocycles. The van der Waals surface area contributed by atoms with Crippen LogP contribution in [0.5, 0.6) is 23.0 Å². The van der Waals surface area contributed by atoms with Crippen LogP contribution in [0.15, 0.2) is 54.6 Å². The van der Waals surface area contributed by atoms with E-state index in [9.17, 15) is 29.7 Å². The lowest BCUT2D eigenvalue weighted by atomic mass is 9.80. The van der Waals surface area contributed by atoms with Crippen LogP contribution < -0.4 is 9.47 Å². The van der Waals surface area contributed by atoms with Crippen LogP contribution in [0.1, 0.15) is 50.2 Å². The van der Waals surface area contributed by atoms with E-state index in [1.807, 2.05) is 0 Å². The number of ether oxygens (including phenoxy) is 2. The van der Waals surface area contributed by atoms with Gasteiger partial charge in [-0.3, -0.25) is 4.79 Å². The highest BCUT2D eigenvalue weighted by molar-refractivity contribution is 5.95. The van der Waals surface area contributed by atoms with Crippen molar-refractivity contribution in [3.8, 4) is 23.0 Å². The largest absolute Gasteiger partial charge is 0.508 e. The topological polar surface area (TPSA) is 130 Å². The molecule has 3 N–H and O–H groups in total. The summed E-state index contributed by atoms with van der Waals surface area (Å²) in [4.78, 5) is 34.6. The molecule has 1 unspecified atom stereocenters. The minimum atomic E-state index is -1.27. The van der Waals surface area contributed by atoms with Crippen molar-refractivity contribution in [2.75, 3.05) is 0 Å². The third-order valence-electron chi connectivity index (χ3n) is 4.93. The molecule has 3 aromatic carbocycles. The van der Waals surface area contributed by atoms with Gasteiger partial charge in [-0.2, -0.15) is 0 Å². The normalized spacial score (nSPS) is 14.0. The number of phenols is 1. The van der Waals surface area contributed by atoms with Gasteiger partial charge in [-0.05, 0) is 29.8 Å². The van der Waals surface area contributed by atoms with Crippen LogP contribution >= 0.6 is 0 Å². The van der Waals surface area contributed by atoms with E-state index >= 15 is 0 Å². The smallest absolute Gasteiger partial charge is 0.336 e. The van der Waals surface area contributed by atoms with Gasteiger partial charge in [-0.1, -0.05) is 18.2 Å². The first kappa shape index (κ1) is 20.0. The predicted molar refractivity (Wildman–Crippen MR) is 107 cm³/mol. The molecule has 4 rings (SSSR count). The lowest BCUT2D eigenvalue weighted by Gasteiger charge is -2.30. The SMILES string of the molecule is CC(=O)Oc1ccc2c(c1)Oc1cc(O)ccc1C2c1ccc(C(=O)O)cc1C(=O)O. The van der Waals surface area contributed by atoms with E-state index in [1.165, 1.54) is 37.3 Å². The fourth-order valence-corrected chi connectivity index (χ4v) is 3.67. The van der Waals surface area contributed by atoms with Gasteiger partial charge in [0, 0.05) is 36.1 Å². The summed E-state index contributed by atoms with van der Waals surface area (Å²) in [5.41, 5.74) is 1.23. The van der Waals surface area contributed by atoms with Gasteiger partial charge < -0.3 is 24.8 Å². The van der Waals surface area contributed by atoms with Gasteiger partial charge in [0.2, 0.25) is 0 Å². The highest BCUT2D eigenvalue weighted by atomic mass is 16.5. The van der Waals surface area contributed by atoms with E-state index in [2.05, 4.69) is 0 Å². The molecule has 31 heavy (non-hydrogen) atoms. The minimum absolute atomic E-state index is 0.0447. The molecule has 3 aromatic rings. The summed E-state index contributed by atoms with van der Waals surface area (Å²) in [6.45, 7) is 1.26. The number of fused-ring (bicyclic) bond motifs is 2. The zero-order valence-corrected chi connectivity index (χ0v) is 16.2. The van der Waals surface area contributed by atoms with Crippen molar-refractivity contribution in [3.63, 3.8) is 0 Å². The van der Waals surface area contributed by atoms with Crippen molar-refractivity contribution in [2.45, 2.75) is 12.8 Å². The Kier molecular flexibility index (Phi) is 4.82. The summed E-state index contributed by atoms with van der Waals surface area (Å²) < 4.78 is 11.0. The lowest BCUT2D eigenvalue weighted by Crippen LogP contribution is -2.16. The molecule has 0 bridgehead atoms. The number of benzene rings is 3. The fraction of sp³-hybridized carbons (Fsp3) is 0.0870. The number of carboxylic acids is 2. The first-order chi connectivity index (χ1) is 14.7. The molecule has 0 saturated carbocycles. The molecule has 156 valence electrons. The summed E-state index contributed by atoms with van der Waals surface area (Å²) >= 11 is 0. The summed E-state index contributed by atoms with van der Waals surface area (Å²) in [6.07, 6.45) is 0. The fourth-order valence-electron chi connectivity index (χ4n) is 3.67. The van der Waals surface area contributed by atoms with Crippen molar-refractivity contribution < 1.29 is 39.2 Å². The molecule has 8 heteroatoms. The van der Waals surface area contributed by atoms with Crippen molar-refractivity contribution in [2.24, 2.45) is 0 Å². The summed E-state index contributed by atoms with van der Waals surface area (Å²) in [7, 11) is 0. The average molecular weight is 420 g/mol. The minimum Gasteiger partial charge on any atom is -0.508 e. The standard InChI is InChI=1S/C23H16O8/c1-11(24)30-14-4-7-17-20(10-14)31-19-9-13(25)3-6-16(19)21(17)15-5-2-12(22(26)27)8-18(15)23(28)29/h2-10,21,25H,1H3,(H,26,27)(H,28,29). The van der Waals surface area contributed by atoms with Crippen LogP contribution in [0.3, 0.4) is 0 Å². The molecule has 8 nitrogen and oxygen atoms in total. The molecule has 0 saturated heterocycles. The number of aromatic hydroxyl groups is 1. The van der Waals surface area contributed by atoms with Gasteiger partial charge in [0.05, 0.1) is 11.1 Å². The second-order valence-corrected chi connectivity index (χ2v) is 6.96. The first-order valence-electron chi connectivity index (χ1n) is 9.18. The Labute approximate surface area is 175 Å². The van der Waals surface area contributed by atoms with E-state index in [-0.39, 0.29) is 22.6 Å². The monoisotopic (exact) mass is 420 g/mol. The van der Waals surface area contributed by atoms with E-state index < -0.39 is 23.8 Å². The number of carbonyl (C=O) groups excluding carboxylic acids is 1. The number of carboxylic acid groups (broad SMARTS) is 2. The average Bonchev–Trinajstić information content (AvgIpc) is 2.70. The lowest BCUT2D eigenvalue weighted by molar-refractivity contribution is -0.131. The quantitative estimate of drug-likeness (QED) is 0.334. The first-order valence-corrected chi connectivity index (χ1v) is 9.18. The number of aromatic carboxylic acids is 2. The molecule has 1 heterocycles. The van der Waals surface area contributed by atoms with Gasteiger partial charge in [0.25, 0.3) is 0 Å². The number of hydrogen-bond acceptors (Lipinski definition) is 6. The molecule has 1 aliphatic heterocycles. The maximum atomic E-state index is 12.0. The number of esters is 1. The van der Waals surface area contributed by atoms with Crippen molar-refractivity contribution >= 4 is 17.9 Å². The molecule has 0 radical (unpaired) electrons. The molecule has 0 spiro atoms. The maximum absolute atomic E-state index is 12.0. The highest BCUT2D eigenvalue weighted by Gasteiger charge is 2.32. The molecule has 0 fully saturated rings. The number of hydrogen-bond donors (Lipinski definition) is 3. The van der Waals surface area contributed by atoms with Gasteiger partial charge in [-0.25, -0.2) is 9.59 Å². The van der Waals surface area contributed by atoms with Gasteiger partial charge >= 0.3 is 17.9 Å². The van der Waals surface area contributed by atoms with Crippen LogP contribution in [0.4, 0.5) is 0 Å². The maximum Gasteiger partial charge on any atom is 0.336 e. The Bertz CT molecular complexity index is 1240. The van der Waals surface area contributed by atoms with E-state index in [0.29, 0.717) is 28.2 Å². The third-order valence-corrected chi connectivity index (χ3v) is 4.93. The van der Waals surface area contributed by atoms with Crippen LogP contribution in [0.25, 0.3) is 0 Å². The number of phenolic OH excluding ortho intramolecular Hbond substituents is 1. The van der Waals surface area contributed by atoms with Gasteiger partial charge in [-0.15, -0.1) is 0 Å². The molecular weight excluding hydrogens is 404 g/mol. The van der Waals surface area contributed by atoms with Crippen LogP contribution in [-0.2, 0) is 4.79 Å². The molecule has 1 atom stereocenters. The molecule has 1 aliphatic rings. The predicted octanol–water partition coefficient (Wildman–Crippen LogP) is 4.00. The Balaban J connectivity index is 1.95. The van der Waals surface area contributed by atoms with Crippen LogP contribution in [-0.4, -0.2) is 33.2 Å². The van der Waals surface area contributed by atoms with Crippen molar-refractivity contribution in [1.82, 2.24) is 0 Å². The van der Waals surface area contributed by atoms with Crippen molar-refractivity contribution in [3.05, 3.63) is 82.4 Å². The molecule has 0 aliphatic carbocycles. The summed E-state index contributed by atoms with van der Waals surface area (Å²) in [5.74, 6) is -2.83. The third kappa shape index (κ3) is 3.66. The van der Waals surface area contributed by atoms with Crippen LogP contribution in [0, 0.1) is 0 Å². The van der Waals surface area contributed by atoms with Crippen molar-refractivity contribution in [1.29, 1.82) is 0 Å². The van der Waals surface area contributed by atoms with Gasteiger partial charge in [0.15, 0.2) is 0 Å². The zero-order valence-electron chi connectivity index (χ0n) is 16.2. The number of carbonyl (C=O) groups is 3. The Hall–Kier alpha value is -4.33. The van der Waals surface area contributed by atoms with E-state index in [1.54, 1.807) is 18.2 Å². The number of rotatable bonds is 4. The van der Waals surface area contributed by atoms with Crippen LogP contribution in [0.2, 0.25) is 0 Å². The Morgan fingerprint density at radius 2 is 1.48 bits per heavy atom.